The van der Waals surface area contributed by atoms with Crippen LogP contribution >= 0.6 is 0 Å². The fourth-order valence-corrected chi connectivity index (χ4v) is 2.08. The molecule has 0 aromatic carbocycles. The largest absolute Gasteiger partial charge is 0.311 e. The molecule has 1 unspecified atom stereocenters. The first-order valence-corrected chi connectivity index (χ1v) is 7.33. The van der Waals surface area contributed by atoms with Crippen molar-refractivity contribution in [1.82, 2.24) is 10.2 Å². The van der Waals surface area contributed by atoms with Crippen molar-refractivity contribution in [2.45, 2.75) is 72.9 Å². The van der Waals surface area contributed by atoms with Crippen LogP contribution in [0.15, 0.2) is 0 Å². The number of likely N-dealkylation sites (N-methyl/N-ethyl adjacent to an activating group) is 1. The van der Waals surface area contributed by atoms with Gasteiger partial charge in [0.05, 0.1) is 0 Å². The van der Waals surface area contributed by atoms with Gasteiger partial charge in [-0.15, -0.1) is 0 Å². The van der Waals surface area contributed by atoms with E-state index in [4.69, 9.17) is 0 Å². The lowest BCUT2D eigenvalue weighted by atomic mass is 10.0. The zero-order valence-corrected chi connectivity index (χ0v) is 13.1. The van der Waals surface area contributed by atoms with E-state index in [0.29, 0.717) is 6.04 Å². The maximum atomic E-state index is 3.60. The van der Waals surface area contributed by atoms with Gasteiger partial charge in [-0.25, -0.2) is 0 Å². The summed E-state index contributed by atoms with van der Waals surface area (Å²) in [4.78, 5) is 2.61. The van der Waals surface area contributed by atoms with Gasteiger partial charge in [0, 0.05) is 24.7 Å². The summed E-state index contributed by atoms with van der Waals surface area (Å²) in [6, 6.07) is 0.625. The highest BCUT2D eigenvalue weighted by molar-refractivity contribution is 4.77. The third-order valence-electron chi connectivity index (χ3n) is 3.60. The maximum absolute atomic E-state index is 3.60. The molecule has 0 aliphatic heterocycles. The molecule has 0 saturated heterocycles. The fourth-order valence-electron chi connectivity index (χ4n) is 2.08. The molecule has 104 valence electrons. The van der Waals surface area contributed by atoms with Gasteiger partial charge in [-0.2, -0.15) is 0 Å². The summed E-state index contributed by atoms with van der Waals surface area (Å²) in [6.45, 7) is 19.4. The summed E-state index contributed by atoms with van der Waals surface area (Å²) in [5, 5.41) is 3.60. The van der Waals surface area contributed by atoms with Crippen LogP contribution in [-0.2, 0) is 0 Å². The van der Waals surface area contributed by atoms with Gasteiger partial charge in [-0.1, -0.05) is 33.6 Å². The molecule has 0 aliphatic rings. The minimum atomic E-state index is 0.225. The van der Waals surface area contributed by atoms with Crippen molar-refractivity contribution in [3.8, 4) is 0 Å². The average molecular weight is 242 g/mol. The lowest BCUT2D eigenvalue weighted by molar-refractivity contribution is 0.170. The summed E-state index contributed by atoms with van der Waals surface area (Å²) in [6.07, 6.45) is 2.60. The van der Waals surface area contributed by atoms with Gasteiger partial charge >= 0.3 is 0 Å². The van der Waals surface area contributed by atoms with Crippen molar-refractivity contribution < 1.29 is 0 Å². The Morgan fingerprint density at radius 3 is 1.94 bits per heavy atom. The zero-order chi connectivity index (χ0) is 13.5. The van der Waals surface area contributed by atoms with E-state index in [0.717, 1.165) is 19.0 Å². The van der Waals surface area contributed by atoms with E-state index in [1.165, 1.54) is 19.4 Å². The van der Waals surface area contributed by atoms with Crippen molar-refractivity contribution in [3.63, 3.8) is 0 Å². The summed E-state index contributed by atoms with van der Waals surface area (Å²) in [5.74, 6) is 0.854. The van der Waals surface area contributed by atoms with Crippen LogP contribution < -0.4 is 5.32 Å². The molecule has 0 amide bonds. The second-order valence-electron chi connectivity index (χ2n) is 6.25. The van der Waals surface area contributed by atoms with Crippen LogP contribution in [0, 0.1) is 5.92 Å². The number of nitrogens with zero attached hydrogens (tertiary/aromatic N) is 1. The Kier molecular flexibility index (Phi) is 8.06. The SMILES string of the molecule is CCC(CC)CN(CC)C(C)CNC(C)(C)C. The highest BCUT2D eigenvalue weighted by Gasteiger charge is 2.17. The van der Waals surface area contributed by atoms with Crippen molar-refractivity contribution >= 4 is 0 Å². The molecule has 0 aromatic heterocycles. The summed E-state index contributed by atoms with van der Waals surface area (Å²) in [5.41, 5.74) is 0.225. The Balaban J connectivity index is 4.16. The van der Waals surface area contributed by atoms with Crippen LogP contribution in [0.2, 0.25) is 0 Å². The quantitative estimate of drug-likeness (QED) is 0.700. The Bertz CT molecular complexity index is 180. The normalized spacial score (nSPS) is 14.6. The number of nitrogens with one attached hydrogen (secondary N) is 1. The molecule has 2 heteroatoms. The molecule has 2 nitrogen and oxygen atoms in total. The highest BCUT2D eigenvalue weighted by atomic mass is 15.2. The standard InChI is InChI=1S/C15H34N2/c1-8-14(9-2)12-17(10-3)13(4)11-16-15(5,6)7/h13-14,16H,8-12H2,1-7H3. The third-order valence-corrected chi connectivity index (χ3v) is 3.60. The lowest BCUT2D eigenvalue weighted by Gasteiger charge is -2.33. The Hall–Kier alpha value is -0.0800. The second-order valence-corrected chi connectivity index (χ2v) is 6.25. The van der Waals surface area contributed by atoms with Crippen molar-refractivity contribution in [2.24, 2.45) is 5.92 Å². The Morgan fingerprint density at radius 1 is 1.06 bits per heavy atom. The van der Waals surface area contributed by atoms with Crippen LogP contribution in [0.25, 0.3) is 0 Å². The van der Waals surface area contributed by atoms with E-state index in [2.05, 4.69) is 58.7 Å². The predicted octanol–water partition coefficient (Wildman–Crippen LogP) is 3.52. The molecular formula is C15H34N2. The number of hydrogen-bond donors (Lipinski definition) is 1. The third kappa shape index (κ3) is 7.77. The molecule has 0 radical (unpaired) electrons. The van der Waals surface area contributed by atoms with Crippen LogP contribution in [0.4, 0.5) is 0 Å². The highest BCUT2D eigenvalue weighted by Crippen LogP contribution is 2.12. The molecule has 0 spiro atoms. The second kappa shape index (κ2) is 8.10. The number of rotatable bonds is 8. The van der Waals surface area contributed by atoms with Crippen LogP contribution in [0.3, 0.4) is 0 Å². The molecule has 1 atom stereocenters. The number of hydrogen-bond acceptors (Lipinski definition) is 2. The van der Waals surface area contributed by atoms with Crippen LogP contribution in [0.5, 0.6) is 0 Å². The van der Waals surface area contributed by atoms with Gasteiger partial charge in [-0.3, -0.25) is 4.90 Å². The molecule has 0 fully saturated rings. The molecular weight excluding hydrogens is 208 g/mol. The van der Waals surface area contributed by atoms with Gasteiger partial charge in [-0.05, 0) is 40.2 Å². The smallest absolute Gasteiger partial charge is 0.0192 e. The first kappa shape index (κ1) is 16.9. The van der Waals surface area contributed by atoms with E-state index < -0.39 is 0 Å². The minimum Gasteiger partial charge on any atom is -0.311 e. The van der Waals surface area contributed by atoms with Crippen molar-refractivity contribution in [3.05, 3.63) is 0 Å². The summed E-state index contributed by atoms with van der Waals surface area (Å²) < 4.78 is 0. The lowest BCUT2D eigenvalue weighted by Crippen LogP contribution is -2.47. The predicted molar refractivity (Wildman–Crippen MR) is 78.5 cm³/mol. The van der Waals surface area contributed by atoms with Crippen molar-refractivity contribution in [1.29, 1.82) is 0 Å². The monoisotopic (exact) mass is 242 g/mol. The molecule has 0 rings (SSSR count). The van der Waals surface area contributed by atoms with E-state index in [1.54, 1.807) is 0 Å². The van der Waals surface area contributed by atoms with Crippen molar-refractivity contribution in [2.75, 3.05) is 19.6 Å². The molecule has 0 heterocycles. The summed E-state index contributed by atoms with van der Waals surface area (Å²) in [7, 11) is 0. The van der Waals surface area contributed by atoms with Gasteiger partial charge in [0.15, 0.2) is 0 Å². The van der Waals surface area contributed by atoms with Gasteiger partial charge in [0.2, 0.25) is 0 Å². The van der Waals surface area contributed by atoms with Crippen LogP contribution in [-0.4, -0.2) is 36.1 Å². The first-order valence-electron chi connectivity index (χ1n) is 7.33. The van der Waals surface area contributed by atoms with E-state index in [-0.39, 0.29) is 5.54 Å². The maximum Gasteiger partial charge on any atom is 0.0192 e. The van der Waals surface area contributed by atoms with Crippen LogP contribution in [0.1, 0.15) is 61.3 Å². The molecule has 0 bridgehead atoms. The summed E-state index contributed by atoms with van der Waals surface area (Å²) >= 11 is 0. The molecule has 1 N–H and O–H groups in total. The zero-order valence-electron chi connectivity index (χ0n) is 13.1. The Morgan fingerprint density at radius 2 is 1.59 bits per heavy atom. The van der Waals surface area contributed by atoms with E-state index in [9.17, 15) is 0 Å². The van der Waals surface area contributed by atoms with Gasteiger partial charge in [0.1, 0.15) is 0 Å². The fraction of sp³-hybridized carbons (Fsp3) is 1.00. The molecule has 17 heavy (non-hydrogen) atoms. The van der Waals surface area contributed by atoms with Gasteiger partial charge in [0.25, 0.3) is 0 Å². The average Bonchev–Trinajstić information content (AvgIpc) is 2.27. The van der Waals surface area contributed by atoms with Gasteiger partial charge < -0.3 is 5.32 Å². The van der Waals surface area contributed by atoms with E-state index in [1.807, 2.05) is 0 Å². The van der Waals surface area contributed by atoms with E-state index >= 15 is 0 Å². The Labute approximate surface area is 109 Å². The molecule has 0 saturated carbocycles. The topological polar surface area (TPSA) is 15.3 Å². The first-order chi connectivity index (χ1) is 7.84. The minimum absolute atomic E-state index is 0.225. The molecule has 0 aromatic rings. The molecule has 0 aliphatic carbocycles.